The minimum atomic E-state index is -3.85. The van der Waals surface area contributed by atoms with Gasteiger partial charge in [-0.3, -0.25) is 0 Å². The van der Waals surface area contributed by atoms with E-state index in [9.17, 15) is 0 Å². The van der Waals surface area contributed by atoms with Crippen molar-refractivity contribution < 1.29 is 25.3 Å². The van der Waals surface area contributed by atoms with Crippen LogP contribution < -0.4 is 10.4 Å². The predicted molar refractivity (Wildman–Crippen MR) is 226 cm³/mol. The molecular weight excluding hydrogens is 741 g/mol. The van der Waals surface area contributed by atoms with Gasteiger partial charge in [-0.25, -0.2) is 0 Å². The second-order valence-corrected chi connectivity index (χ2v) is 58.5. The van der Waals surface area contributed by atoms with E-state index in [-0.39, 0.29) is 0 Å². The Bertz CT molecular complexity index is 1440. The van der Waals surface area contributed by atoms with Crippen LogP contribution in [0.5, 0.6) is 0 Å². The van der Waals surface area contributed by atoms with E-state index in [1.807, 2.05) is 0 Å². The summed E-state index contributed by atoms with van der Waals surface area (Å²) >= 11 is 0. The largest absolute Gasteiger partial charge is 0.451 e. The molecular formula is C35H62O6Si8. The highest BCUT2D eigenvalue weighted by atomic mass is 29.7. The summed E-state index contributed by atoms with van der Waals surface area (Å²) in [4.78, 5) is 0. The average Bonchev–Trinajstić information content (AvgIpc) is 2.93. The lowest BCUT2D eigenvalue weighted by Crippen LogP contribution is -2.97. The fourth-order valence-electron chi connectivity index (χ4n) is 6.86. The molecule has 1 aliphatic heterocycles. The SMILES string of the molecule is C[Si](C)(C)OC1(c2ccccc2)C[Si](O[Si](C)(C)C)(c2ccccc2)[Si](O[Si](C)(C)C)(O[Si](C)(C)C)[Si](O[Si](C)(C)C)(c2ccccc2)O1. The third-order valence-electron chi connectivity index (χ3n) is 7.66. The van der Waals surface area contributed by atoms with Gasteiger partial charge in [0, 0.05) is 11.6 Å². The van der Waals surface area contributed by atoms with Crippen LogP contribution in [-0.4, -0.2) is 65.1 Å². The number of hydrogen-bond donors (Lipinski definition) is 0. The minimum Gasteiger partial charge on any atom is -0.451 e. The predicted octanol–water partition coefficient (Wildman–Crippen LogP) is 8.93. The van der Waals surface area contributed by atoms with Gasteiger partial charge in [-0.2, -0.15) is 0 Å². The molecule has 4 rings (SSSR count). The topological polar surface area (TPSA) is 55.4 Å². The Morgan fingerprint density at radius 3 is 1.24 bits per heavy atom. The highest BCUT2D eigenvalue weighted by Gasteiger charge is 2.86. The van der Waals surface area contributed by atoms with E-state index in [0.29, 0.717) is 6.04 Å². The molecule has 1 heterocycles. The van der Waals surface area contributed by atoms with Gasteiger partial charge in [-0.1, -0.05) is 91.0 Å². The van der Waals surface area contributed by atoms with Crippen LogP contribution in [0.2, 0.25) is 104 Å². The van der Waals surface area contributed by atoms with Crippen molar-refractivity contribution in [1.82, 2.24) is 0 Å². The second kappa shape index (κ2) is 14.2. The van der Waals surface area contributed by atoms with Gasteiger partial charge in [-0.15, -0.1) is 0 Å². The van der Waals surface area contributed by atoms with Gasteiger partial charge in [0.15, 0.2) is 47.4 Å². The van der Waals surface area contributed by atoms with Gasteiger partial charge in [0.1, 0.15) is 0 Å². The quantitative estimate of drug-likeness (QED) is 0.161. The maximum Gasteiger partial charge on any atom is 0.407 e. The molecule has 0 N–H and O–H groups in total. The summed E-state index contributed by atoms with van der Waals surface area (Å²) < 4.78 is 48.0. The fraction of sp³-hybridized carbons (Fsp3) is 0.486. The van der Waals surface area contributed by atoms with E-state index in [2.05, 4.69) is 189 Å². The first-order valence-electron chi connectivity index (χ1n) is 17.6. The number of benzene rings is 3. The Kier molecular flexibility index (Phi) is 11.8. The van der Waals surface area contributed by atoms with Crippen molar-refractivity contribution in [3.05, 3.63) is 96.6 Å². The lowest BCUT2D eigenvalue weighted by Gasteiger charge is -2.65. The van der Waals surface area contributed by atoms with Crippen molar-refractivity contribution >= 4 is 75.5 Å². The molecule has 3 aromatic carbocycles. The molecule has 6 nitrogen and oxygen atoms in total. The van der Waals surface area contributed by atoms with E-state index in [1.165, 1.54) is 5.19 Å². The first kappa shape index (κ1) is 40.9. The molecule has 270 valence electrons. The number of rotatable bonds is 13. The molecule has 3 aromatic rings. The Morgan fingerprint density at radius 1 is 0.469 bits per heavy atom. The van der Waals surface area contributed by atoms with Crippen LogP contribution in [0, 0.1) is 0 Å². The van der Waals surface area contributed by atoms with Gasteiger partial charge in [0.2, 0.25) is 0 Å². The van der Waals surface area contributed by atoms with Crippen LogP contribution in [0.25, 0.3) is 0 Å². The second-order valence-electron chi connectivity index (χ2n) is 18.3. The maximum absolute atomic E-state index is 8.18. The highest BCUT2D eigenvalue weighted by molar-refractivity contribution is 7.69. The zero-order valence-corrected chi connectivity index (χ0v) is 40.8. The summed E-state index contributed by atoms with van der Waals surface area (Å²) in [5.41, 5.74) is 1.000. The summed E-state index contributed by atoms with van der Waals surface area (Å²) in [5, 5.41) is 2.24. The van der Waals surface area contributed by atoms with Crippen LogP contribution in [0.1, 0.15) is 5.56 Å². The molecule has 49 heavy (non-hydrogen) atoms. The van der Waals surface area contributed by atoms with E-state index < -0.39 is 70.9 Å². The van der Waals surface area contributed by atoms with Crippen LogP contribution in [-0.2, 0) is 31.1 Å². The van der Waals surface area contributed by atoms with Gasteiger partial charge < -0.3 is 25.3 Å². The smallest absolute Gasteiger partial charge is 0.407 e. The molecule has 1 fully saturated rings. The standard InChI is InChI=1S/C35H62O6Si8/c1-42(2,3)36-35(32-25-19-16-20-26-32)31-47(38-43(4,5)6,33-27-21-17-22-28-33)49(40-45(10,11)12,41-46(13,14)15)48(37-35,39-44(7,8)9)34-29-23-18-24-30-34/h16-30H,31H2,1-15H3. The van der Waals surface area contributed by atoms with Crippen LogP contribution in [0.15, 0.2) is 91.0 Å². The van der Waals surface area contributed by atoms with Crippen molar-refractivity contribution in [3.8, 4) is 0 Å². The van der Waals surface area contributed by atoms with Gasteiger partial charge in [0.05, 0.1) is 0 Å². The van der Waals surface area contributed by atoms with Crippen molar-refractivity contribution in [2.45, 2.75) is 110 Å². The lowest BCUT2D eigenvalue weighted by molar-refractivity contribution is -0.130. The molecule has 1 aliphatic rings. The summed E-state index contributed by atoms with van der Waals surface area (Å²) in [6.45, 7) is 34.3. The molecule has 14 heteroatoms. The van der Waals surface area contributed by atoms with E-state index >= 15 is 0 Å². The summed E-state index contributed by atoms with van der Waals surface area (Å²) in [6, 6.07) is 32.8. The van der Waals surface area contributed by atoms with Crippen molar-refractivity contribution in [2.75, 3.05) is 0 Å². The molecule has 3 atom stereocenters. The van der Waals surface area contributed by atoms with Crippen molar-refractivity contribution in [1.29, 1.82) is 0 Å². The van der Waals surface area contributed by atoms with Gasteiger partial charge in [-0.05, 0) is 109 Å². The summed E-state index contributed by atoms with van der Waals surface area (Å²) in [7, 11) is -22.9. The Balaban J connectivity index is 2.42. The molecule has 3 unspecified atom stereocenters. The molecule has 0 aromatic heterocycles. The third-order valence-corrected chi connectivity index (χ3v) is 49.6. The first-order chi connectivity index (χ1) is 22.3. The Morgan fingerprint density at radius 2 is 0.857 bits per heavy atom. The van der Waals surface area contributed by atoms with Crippen LogP contribution in [0.4, 0.5) is 0 Å². The van der Waals surface area contributed by atoms with Crippen molar-refractivity contribution in [2.24, 2.45) is 0 Å². The zero-order chi connectivity index (χ0) is 36.8. The zero-order valence-electron chi connectivity index (χ0n) is 32.8. The van der Waals surface area contributed by atoms with Gasteiger partial charge >= 0.3 is 15.7 Å². The van der Waals surface area contributed by atoms with E-state index in [4.69, 9.17) is 25.3 Å². The van der Waals surface area contributed by atoms with E-state index in [0.717, 1.165) is 10.8 Å². The normalized spacial score (nSPS) is 25.3. The average molecular weight is 804 g/mol. The van der Waals surface area contributed by atoms with Crippen molar-refractivity contribution in [3.63, 3.8) is 0 Å². The minimum absolute atomic E-state index is 0.528. The van der Waals surface area contributed by atoms with E-state index in [1.54, 1.807) is 0 Å². The molecule has 0 radical (unpaired) electrons. The monoisotopic (exact) mass is 802 g/mol. The Labute approximate surface area is 305 Å². The molecule has 0 aliphatic carbocycles. The molecule has 0 saturated carbocycles. The first-order valence-corrected chi connectivity index (χ1v) is 42.4. The fourth-order valence-corrected chi connectivity index (χ4v) is 76.3. The van der Waals surface area contributed by atoms with Crippen LogP contribution >= 0.6 is 0 Å². The molecule has 1 saturated heterocycles. The van der Waals surface area contributed by atoms with Gasteiger partial charge in [0.25, 0.3) is 7.83 Å². The summed E-state index contributed by atoms with van der Waals surface area (Å²) in [6.07, 6.45) is 0. The molecule has 0 spiro atoms. The molecule has 0 bridgehead atoms. The maximum atomic E-state index is 8.18. The number of hydrogen-bond acceptors (Lipinski definition) is 6. The van der Waals surface area contributed by atoms with Crippen LogP contribution in [0.3, 0.4) is 0 Å². The molecule has 0 amide bonds. The third kappa shape index (κ3) is 9.40. The lowest BCUT2D eigenvalue weighted by atomic mass is 10.1. The summed E-state index contributed by atoms with van der Waals surface area (Å²) in [5.74, 6) is -1.14. The highest BCUT2D eigenvalue weighted by Crippen LogP contribution is 2.54. The Hall–Kier alpha value is -0.845.